The summed E-state index contributed by atoms with van der Waals surface area (Å²) in [6.07, 6.45) is 0. The molecule has 4 heteroatoms. The van der Waals surface area contributed by atoms with Crippen LogP contribution in [0.15, 0.2) is 24.3 Å². The number of nitrogens with zero attached hydrogens (tertiary/aromatic N) is 1. The van der Waals surface area contributed by atoms with Gasteiger partial charge in [-0.05, 0) is 19.2 Å². The van der Waals surface area contributed by atoms with Gasteiger partial charge in [0.05, 0.1) is 11.3 Å². The number of nitrogens with one attached hydrogen (secondary N) is 2. The van der Waals surface area contributed by atoms with Crippen LogP contribution in [0.4, 0.5) is 5.69 Å². The van der Waals surface area contributed by atoms with Crippen LogP contribution in [0, 0.1) is 17.2 Å². The molecule has 0 saturated carbocycles. The summed E-state index contributed by atoms with van der Waals surface area (Å²) < 4.78 is 0. The van der Waals surface area contributed by atoms with Crippen LogP contribution in [0.2, 0.25) is 0 Å². The lowest BCUT2D eigenvalue weighted by atomic mass is 10.1. The molecule has 4 nitrogen and oxygen atoms in total. The van der Waals surface area contributed by atoms with Crippen molar-refractivity contribution in [2.24, 2.45) is 5.92 Å². The van der Waals surface area contributed by atoms with Crippen molar-refractivity contribution in [3.63, 3.8) is 0 Å². The Morgan fingerprint density at radius 3 is 2.81 bits per heavy atom. The molecule has 84 valence electrons. The molecule has 0 fully saturated rings. The number of para-hydroxylation sites is 1. The number of carbonyl (C=O) groups is 1. The second kappa shape index (κ2) is 5.89. The van der Waals surface area contributed by atoms with Crippen LogP contribution in [0.1, 0.15) is 12.5 Å². The van der Waals surface area contributed by atoms with Gasteiger partial charge in [0.25, 0.3) is 0 Å². The third-order valence-corrected chi connectivity index (χ3v) is 2.26. The van der Waals surface area contributed by atoms with E-state index in [0.717, 1.165) is 0 Å². The Morgan fingerprint density at radius 1 is 1.50 bits per heavy atom. The van der Waals surface area contributed by atoms with Crippen molar-refractivity contribution in [2.75, 3.05) is 18.9 Å². The smallest absolute Gasteiger partial charge is 0.228 e. The minimum Gasteiger partial charge on any atom is -0.325 e. The Labute approximate surface area is 95.3 Å². The van der Waals surface area contributed by atoms with Crippen molar-refractivity contribution < 1.29 is 4.79 Å². The molecule has 0 bridgehead atoms. The molecule has 1 amide bonds. The molecule has 0 spiro atoms. The molecule has 1 aromatic carbocycles. The van der Waals surface area contributed by atoms with E-state index in [2.05, 4.69) is 10.6 Å². The summed E-state index contributed by atoms with van der Waals surface area (Å²) in [6, 6.07) is 9.01. The monoisotopic (exact) mass is 217 g/mol. The predicted molar refractivity (Wildman–Crippen MR) is 62.9 cm³/mol. The van der Waals surface area contributed by atoms with Crippen molar-refractivity contribution in [2.45, 2.75) is 6.92 Å². The van der Waals surface area contributed by atoms with E-state index in [-0.39, 0.29) is 11.8 Å². The number of hydrogen-bond acceptors (Lipinski definition) is 3. The second-order valence-corrected chi connectivity index (χ2v) is 3.61. The summed E-state index contributed by atoms with van der Waals surface area (Å²) in [4.78, 5) is 11.7. The zero-order valence-corrected chi connectivity index (χ0v) is 9.45. The standard InChI is InChI=1S/C12H15N3O/c1-9(8-14-2)12(16)15-11-6-4-3-5-10(11)7-13/h3-6,9,14H,8H2,1-2H3,(H,15,16). The van der Waals surface area contributed by atoms with Crippen LogP contribution in [0.25, 0.3) is 0 Å². The number of rotatable bonds is 4. The Hall–Kier alpha value is -1.86. The Bertz CT molecular complexity index is 409. The summed E-state index contributed by atoms with van der Waals surface area (Å²) in [6.45, 7) is 2.45. The Balaban J connectivity index is 2.74. The molecule has 0 aliphatic carbocycles. The molecule has 0 radical (unpaired) electrons. The second-order valence-electron chi connectivity index (χ2n) is 3.61. The van der Waals surface area contributed by atoms with Gasteiger partial charge in [0.2, 0.25) is 5.91 Å². The number of benzene rings is 1. The van der Waals surface area contributed by atoms with E-state index in [1.807, 2.05) is 13.0 Å². The van der Waals surface area contributed by atoms with E-state index in [9.17, 15) is 4.79 Å². The van der Waals surface area contributed by atoms with Gasteiger partial charge in [-0.25, -0.2) is 0 Å². The Morgan fingerprint density at radius 2 is 2.19 bits per heavy atom. The highest BCUT2D eigenvalue weighted by Gasteiger charge is 2.13. The van der Waals surface area contributed by atoms with E-state index in [1.165, 1.54) is 0 Å². The van der Waals surface area contributed by atoms with Crippen molar-refractivity contribution in [3.05, 3.63) is 29.8 Å². The summed E-state index contributed by atoms with van der Waals surface area (Å²) in [5, 5.41) is 14.5. The first kappa shape index (κ1) is 12.2. The fourth-order valence-corrected chi connectivity index (χ4v) is 1.34. The third-order valence-electron chi connectivity index (χ3n) is 2.26. The van der Waals surface area contributed by atoms with E-state index in [4.69, 9.17) is 5.26 Å². The van der Waals surface area contributed by atoms with Gasteiger partial charge >= 0.3 is 0 Å². The highest BCUT2D eigenvalue weighted by atomic mass is 16.1. The zero-order valence-electron chi connectivity index (χ0n) is 9.45. The van der Waals surface area contributed by atoms with Gasteiger partial charge in [0.1, 0.15) is 6.07 Å². The maximum Gasteiger partial charge on any atom is 0.228 e. The van der Waals surface area contributed by atoms with Crippen LogP contribution in [0.5, 0.6) is 0 Å². The lowest BCUT2D eigenvalue weighted by Crippen LogP contribution is -2.28. The first-order valence-corrected chi connectivity index (χ1v) is 5.13. The number of carbonyl (C=O) groups excluding carboxylic acids is 1. The SMILES string of the molecule is CNCC(C)C(=O)Nc1ccccc1C#N. The summed E-state index contributed by atoms with van der Waals surface area (Å²) in [5.41, 5.74) is 1.05. The van der Waals surface area contributed by atoms with E-state index in [0.29, 0.717) is 17.8 Å². The quantitative estimate of drug-likeness (QED) is 0.800. The van der Waals surface area contributed by atoms with Crippen LogP contribution in [0.3, 0.4) is 0 Å². The summed E-state index contributed by atoms with van der Waals surface area (Å²) >= 11 is 0. The van der Waals surface area contributed by atoms with Crippen molar-refractivity contribution >= 4 is 11.6 Å². The fraction of sp³-hybridized carbons (Fsp3) is 0.333. The van der Waals surface area contributed by atoms with Crippen LogP contribution in [-0.4, -0.2) is 19.5 Å². The fourth-order valence-electron chi connectivity index (χ4n) is 1.34. The predicted octanol–water partition coefficient (Wildman–Crippen LogP) is 1.35. The van der Waals surface area contributed by atoms with Crippen LogP contribution in [-0.2, 0) is 4.79 Å². The molecule has 0 heterocycles. The largest absolute Gasteiger partial charge is 0.325 e. The molecule has 0 saturated heterocycles. The normalized spacial score (nSPS) is 11.6. The Kier molecular flexibility index (Phi) is 4.49. The highest BCUT2D eigenvalue weighted by Crippen LogP contribution is 2.14. The molecular formula is C12H15N3O. The van der Waals surface area contributed by atoms with Crippen LogP contribution >= 0.6 is 0 Å². The van der Waals surface area contributed by atoms with Gasteiger partial charge < -0.3 is 10.6 Å². The van der Waals surface area contributed by atoms with Crippen molar-refractivity contribution in [1.29, 1.82) is 5.26 Å². The van der Waals surface area contributed by atoms with Gasteiger partial charge in [0, 0.05) is 12.5 Å². The van der Waals surface area contributed by atoms with Crippen molar-refractivity contribution in [3.8, 4) is 6.07 Å². The lowest BCUT2D eigenvalue weighted by molar-refractivity contribution is -0.119. The maximum atomic E-state index is 11.7. The summed E-state index contributed by atoms with van der Waals surface area (Å²) in [7, 11) is 1.80. The molecule has 1 aromatic rings. The number of nitriles is 1. The minimum absolute atomic E-state index is 0.0861. The number of amides is 1. The van der Waals surface area contributed by atoms with E-state index < -0.39 is 0 Å². The molecule has 1 unspecified atom stereocenters. The van der Waals surface area contributed by atoms with Crippen molar-refractivity contribution in [1.82, 2.24) is 5.32 Å². The van der Waals surface area contributed by atoms with E-state index >= 15 is 0 Å². The average molecular weight is 217 g/mol. The molecule has 0 aromatic heterocycles. The molecule has 16 heavy (non-hydrogen) atoms. The molecule has 0 aliphatic heterocycles. The maximum absolute atomic E-state index is 11.7. The molecule has 1 atom stereocenters. The summed E-state index contributed by atoms with van der Waals surface area (Å²) in [5.74, 6) is -0.214. The topological polar surface area (TPSA) is 64.9 Å². The third kappa shape index (κ3) is 3.07. The first-order valence-electron chi connectivity index (χ1n) is 5.13. The van der Waals surface area contributed by atoms with Gasteiger partial charge in [-0.1, -0.05) is 19.1 Å². The average Bonchev–Trinajstić information content (AvgIpc) is 2.30. The number of hydrogen-bond donors (Lipinski definition) is 2. The molecule has 2 N–H and O–H groups in total. The minimum atomic E-state index is -0.128. The molecular weight excluding hydrogens is 202 g/mol. The highest BCUT2D eigenvalue weighted by molar-refractivity contribution is 5.93. The van der Waals surface area contributed by atoms with E-state index in [1.54, 1.807) is 31.3 Å². The van der Waals surface area contributed by atoms with Gasteiger partial charge in [-0.15, -0.1) is 0 Å². The molecule has 1 rings (SSSR count). The van der Waals surface area contributed by atoms with Gasteiger partial charge in [-0.2, -0.15) is 5.26 Å². The van der Waals surface area contributed by atoms with Crippen LogP contribution < -0.4 is 10.6 Å². The van der Waals surface area contributed by atoms with Gasteiger partial charge in [0.15, 0.2) is 0 Å². The van der Waals surface area contributed by atoms with Gasteiger partial charge in [-0.3, -0.25) is 4.79 Å². The lowest BCUT2D eigenvalue weighted by Gasteiger charge is -2.12. The zero-order chi connectivity index (χ0) is 12.0. The first-order chi connectivity index (χ1) is 7.69. The molecule has 0 aliphatic rings. The number of anilines is 1.